The second-order valence-electron chi connectivity index (χ2n) is 11.1. The number of hydrogen-bond donors (Lipinski definition) is 1. The highest BCUT2D eigenvalue weighted by atomic mass is 19.4. The average Bonchev–Trinajstić information content (AvgIpc) is 2.96. The van der Waals surface area contributed by atoms with Crippen LogP contribution in [0.1, 0.15) is 111 Å². The van der Waals surface area contributed by atoms with Gasteiger partial charge in [0, 0.05) is 32.3 Å². The number of aromatic nitrogens is 2. The number of carbonyl (C=O) groups is 1. The summed E-state index contributed by atoms with van der Waals surface area (Å²) in [7, 11) is 1.71. The van der Waals surface area contributed by atoms with E-state index < -0.39 is 35.1 Å². The van der Waals surface area contributed by atoms with Crippen molar-refractivity contribution in [1.29, 1.82) is 0 Å². The van der Waals surface area contributed by atoms with E-state index in [1.807, 2.05) is 18.9 Å². The van der Waals surface area contributed by atoms with Crippen LogP contribution in [0, 0.1) is 5.92 Å². The quantitative estimate of drug-likeness (QED) is 0.143. The fraction of sp³-hybridized carbons (Fsp3) is 0.688. The third-order valence-corrected chi connectivity index (χ3v) is 7.46. The molecule has 0 aliphatic rings. The maximum absolute atomic E-state index is 12.9. The molecular weight excluding hydrogens is 600 g/mol. The van der Waals surface area contributed by atoms with Crippen molar-refractivity contribution in [2.24, 2.45) is 10.9 Å². The van der Waals surface area contributed by atoms with E-state index in [1.54, 1.807) is 18.9 Å². The third-order valence-electron chi connectivity index (χ3n) is 7.46. The van der Waals surface area contributed by atoms with Crippen LogP contribution in [0.4, 0.5) is 26.3 Å². The summed E-state index contributed by atoms with van der Waals surface area (Å²) in [5.41, 5.74) is -2.07. The third kappa shape index (κ3) is 15.3. The van der Waals surface area contributed by atoms with E-state index in [0.717, 1.165) is 62.7 Å². The van der Waals surface area contributed by atoms with Gasteiger partial charge in [0.2, 0.25) is 0 Å². The molecule has 1 N–H and O–H groups in total. The lowest BCUT2D eigenvalue weighted by Gasteiger charge is -2.27. The van der Waals surface area contributed by atoms with Crippen LogP contribution in [0.25, 0.3) is 0 Å². The first-order valence-electron chi connectivity index (χ1n) is 15.5. The molecule has 2 unspecified atom stereocenters. The van der Waals surface area contributed by atoms with Gasteiger partial charge < -0.3 is 4.90 Å². The molecule has 0 aliphatic carbocycles. The van der Waals surface area contributed by atoms with Gasteiger partial charge in [0.25, 0.3) is 5.56 Å². The van der Waals surface area contributed by atoms with Crippen LogP contribution in [-0.4, -0.2) is 64.9 Å². The fourth-order valence-corrected chi connectivity index (χ4v) is 4.27. The van der Waals surface area contributed by atoms with Gasteiger partial charge >= 0.3 is 12.4 Å². The highest BCUT2D eigenvalue weighted by Crippen LogP contribution is 2.29. The van der Waals surface area contributed by atoms with Gasteiger partial charge in [-0.2, -0.15) is 31.4 Å². The summed E-state index contributed by atoms with van der Waals surface area (Å²) < 4.78 is 77.0. The smallest absolute Gasteiger partial charge is 0.357 e. The number of halogens is 6. The Hall–Kier alpha value is -2.96. The number of hydrogen-bond acceptors (Lipinski definition) is 6. The van der Waals surface area contributed by atoms with Crippen molar-refractivity contribution in [2.45, 2.75) is 112 Å². The number of allylic oxidation sites excluding steroid dienone is 3. The number of alkyl halides is 6. The van der Waals surface area contributed by atoms with E-state index in [1.165, 1.54) is 13.8 Å². The molecule has 258 valence electrons. The fourth-order valence-electron chi connectivity index (χ4n) is 4.27. The topological polar surface area (TPSA) is 81.7 Å². The van der Waals surface area contributed by atoms with Crippen molar-refractivity contribution in [1.82, 2.24) is 20.0 Å². The van der Waals surface area contributed by atoms with Gasteiger partial charge in [-0.05, 0) is 71.1 Å². The zero-order valence-corrected chi connectivity index (χ0v) is 28.1. The molecule has 45 heavy (non-hydrogen) atoms. The summed E-state index contributed by atoms with van der Waals surface area (Å²) in [4.78, 5) is 30.3. The van der Waals surface area contributed by atoms with E-state index in [0.29, 0.717) is 31.1 Å². The molecule has 0 aromatic carbocycles. The van der Waals surface area contributed by atoms with Crippen LogP contribution >= 0.6 is 0 Å². The van der Waals surface area contributed by atoms with Crippen LogP contribution in [0.2, 0.25) is 0 Å². The summed E-state index contributed by atoms with van der Waals surface area (Å²) in [5.74, 6) is 1.28. The summed E-state index contributed by atoms with van der Waals surface area (Å²) in [6, 6.07) is 0.374. The lowest BCUT2D eigenvalue weighted by molar-refractivity contribution is -0.139. The zero-order chi connectivity index (χ0) is 35.0. The number of nitrogens with one attached hydrogen (secondary N) is 1. The number of rotatable bonds is 16. The Morgan fingerprint density at radius 3 is 2.11 bits per heavy atom. The lowest BCUT2D eigenvalue weighted by Crippen LogP contribution is -2.30. The number of aliphatic imine (C=N–C) groups is 1. The van der Waals surface area contributed by atoms with E-state index in [-0.39, 0.29) is 11.5 Å². The Labute approximate surface area is 263 Å². The van der Waals surface area contributed by atoms with Crippen molar-refractivity contribution >= 4 is 12.0 Å². The minimum atomic E-state index is -4.72. The molecule has 0 radical (unpaired) electrons. The second-order valence-corrected chi connectivity index (χ2v) is 11.1. The minimum Gasteiger partial charge on any atom is -0.357 e. The molecule has 1 heterocycles. The normalized spacial score (nSPS) is 14.6. The number of nitrogens with zero attached hydrogens (tertiary/aromatic N) is 4. The Bertz CT molecular complexity index is 1190. The Kier molecular flexibility index (Phi) is 18.9. The monoisotopic (exact) mass is 651 g/mol. The van der Waals surface area contributed by atoms with Crippen LogP contribution in [0.3, 0.4) is 0 Å². The molecule has 0 aliphatic heterocycles. The highest BCUT2D eigenvalue weighted by molar-refractivity contribution is 5.81. The summed E-state index contributed by atoms with van der Waals surface area (Å²) in [6.07, 6.45) is -2.43. The molecule has 0 spiro atoms. The molecule has 0 amide bonds. The molecule has 13 heteroatoms. The van der Waals surface area contributed by atoms with Crippen molar-refractivity contribution in [2.75, 3.05) is 26.7 Å². The maximum atomic E-state index is 12.9. The van der Waals surface area contributed by atoms with Gasteiger partial charge in [-0.25, -0.2) is 10.1 Å². The number of H-pyrrole nitrogens is 1. The minimum absolute atomic E-state index is 0.00196. The maximum Gasteiger partial charge on any atom is 0.421 e. The van der Waals surface area contributed by atoms with Crippen molar-refractivity contribution < 1.29 is 31.1 Å². The Morgan fingerprint density at radius 1 is 1.04 bits per heavy atom. The van der Waals surface area contributed by atoms with Gasteiger partial charge in [0.05, 0.1) is 17.3 Å². The van der Waals surface area contributed by atoms with E-state index >= 15 is 0 Å². The lowest BCUT2D eigenvalue weighted by atomic mass is 10.0. The van der Waals surface area contributed by atoms with Crippen molar-refractivity contribution in [3.8, 4) is 0 Å². The molecule has 1 aromatic rings. The summed E-state index contributed by atoms with van der Waals surface area (Å²) in [6.45, 7) is 17.1. The van der Waals surface area contributed by atoms with Gasteiger partial charge in [-0.1, -0.05) is 47.1 Å². The average molecular weight is 652 g/mol. The number of ketones is 1. The van der Waals surface area contributed by atoms with Gasteiger partial charge in [0.1, 0.15) is 17.2 Å². The molecule has 0 bridgehead atoms. The van der Waals surface area contributed by atoms with Gasteiger partial charge in [-0.15, -0.1) is 0 Å². The predicted molar refractivity (Wildman–Crippen MR) is 168 cm³/mol. The Morgan fingerprint density at radius 2 is 1.67 bits per heavy atom. The van der Waals surface area contributed by atoms with Crippen LogP contribution in [0.15, 0.2) is 38.9 Å². The molecule has 1 aromatic heterocycles. The first kappa shape index (κ1) is 42.0. The molecule has 0 saturated heterocycles. The van der Waals surface area contributed by atoms with Crippen LogP contribution in [0.5, 0.6) is 0 Å². The van der Waals surface area contributed by atoms with Crippen molar-refractivity contribution in [3.05, 3.63) is 50.7 Å². The summed E-state index contributed by atoms with van der Waals surface area (Å²) >= 11 is 0. The van der Waals surface area contributed by atoms with Crippen LogP contribution in [-0.2, 0) is 11.0 Å². The molecule has 0 fully saturated rings. The number of Topliss-reactive ketones (excluding diaryl/α,β-unsaturated/α-hetero) is 1. The number of aromatic amines is 1. The zero-order valence-electron chi connectivity index (χ0n) is 28.1. The number of carbonyl (C=O) groups excluding carboxylic acids is 1. The van der Waals surface area contributed by atoms with Crippen LogP contribution < -0.4 is 5.56 Å². The predicted octanol–water partition coefficient (Wildman–Crippen LogP) is 8.51. The largest absolute Gasteiger partial charge is 0.421 e. The molecular formula is C32H51F6N5O2. The molecule has 1 rings (SSSR count). The van der Waals surface area contributed by atoms with E-state index in [9.17, 15) is 35.9 Å². The SMILES string of the molecule is CCC(c1cc(C(F)(F)F)c(=O)[nH]n1)N(C)CCC(C)=O.C\C=C(/C=N\C(=C(/C)CC)N(CCC)CCC(C)CC)C(F)(F)F. The standard InChI is InChI=1S/C19H33F3N2.C13H18F3N3O2/c1-7-12-24(13-11-15(5)8-2)18(16(6)9-3)23-14-17(10-4)19(20,21)22;1-4-11(19(3)6-5-8(2)20)10-7-9(13(14,15)16)12(21)18-17-10/h10,14-15H,7-9,11-13H2,1-6H3;7,11H,4-6H2,1-3H3,(H,18,21)/b17-10+,18-16-,23-14-;. The molecule has 2 atom stereocenters. The highest BCUT2D eigenvalue weighted by Gasteiger charge is 2.35. The molecule has 0 saturated carbocycles. The van der Waals surface area contributed by atoms with Gasteiger partial charge in [0.15, 0.2) is 0 Å². The summed E-state index contributed by atoms with van der Waals surface area (Å²) in [5, 5.41) is 5.60. The van der Waals surface area contributed by atoms with E-state index in [2.05, 4.69) is 35.8 Å². The van der Waals surface area contributed by atoms with Crippen molar-refractivity contribution in [3.63, 3.8) is 0 Å². The van der Waals surface area contributed by atoms with Gasteiger partial charge in [-0.3, -0.25) is 14.5 Å². The first-order chi connectivity index (χ1) is 20.9. The second kappa shape index (κ2) is 20.2. The molecule has 7 nitrogen and oxygen atoms in total. The van der Waals surface area contributed by atoms with E-state index in [4.69, 9.17) is 0 Å². The Balaban J connectivity index is 0.000000867. The first-order valence-corrected chi connectivity index (χ1v) is 15.5.